The largest absolute Gasteiger partial charge is 0.497 e. The molecule has 0 radical (unpaired) electrons. The van der Waals surface area contributed by atoms with Crippen molar-refractivity contribution in [3.8, 4) is 17.2 Å². The number of hydrogen-bond donors (Lipinski definition) is 2. The first-order chi connectivity index (χ1) is 13.6. The van der Waals surface area contributed by atoms with Gasteiger partial charge in [0.1, 0.15) is 23.9 Å². The topological polar surface area (TPSA) is 95.1 Å². The highest BCUT2D eigenvalue weighted by Crippen LogP contribution is 2.18. The summed E-state index contributed by atoms with van der Waals surface area (Å²) in [7, 11) is 1.56. The number of carbonyl (C=O) groups excluding carboxylic acids is 2. The van der Waals surface area contributed by atoms with Gasteiger partial charge in [-0.2, -0.15) is 0 Å². The minimum absolute atomic E-state index is 0.251. The molecule has 2 amide bonds. The summed E-state index contributed by atoms with van der Waals surface area (Å²) in [5, 5.41) is 0. The summed E-state index contributed by atoms with van der Waals surface area (Å²) in [6, 6.07) is 13.5. The van der Waals surface area contributed by atoms with Crippen molar-refractivity contribution in [3.63, 3.8) is 0 Å². The molecule has 0 saturated heterocycles. The van der Waals surface area contributed by atoms with Crippen LogP contribution < -0.4 is 25.1 Å². The minimum atomic E-state index is -0.501. The van der Waals surface area contributed by atoms with E-state index in [-0.39, 0.29) is 6.61 Å². The van der Waals surface area contributed by atoms with Gasteiger partial charge in [0.15, 0.2) is 6.61 Å². The van der Waals surface area contributed by atoms with Gasteiger partial charge in [-0.25, -0.2) is 0 Å². The van der Waals surface area contributed by atoms with Crippen LogP contribution in [0, 0.1) is 0 Å². The average Bonchev–Trinajstić information content (AvgIpc) is 2.74. The summed E-state index contributed by atoms with van der Waals surface area (Å²) in [6.45, 7) is 2.98. The Bertz CT molecular complexity index is 764. The van der Waals surface area contributed by atoms with Crippen LogP contribution in [0.1, 0.15) is 17.3 Å². The Morgan fingerprint density at radius 2 is 1.61 bits per heavy atom. The SMILES string of the molecule is CCOCCOc1ccccc1C(=O)NNC(=O)COc1ccc(OC)cc1. The lowest BCUT2D eigenvalue weighted by Gasteiger charge is -2.12. The van der Waals surface area contributed by atoms with Gasteiger partial charge in [0.25, 0.3) is 11.8 Å². The van der Waals surface area contributed by atoms with Crippen molar-refractivity contribution < 1.29 is 28.5 Å². The van der Waals surface area contributed by atoms with E-state index in [1.54, 1.807) is 55.6 Å². The molecule has 0 saturated carbocycles. The third-order valence-corrected chi connectivity index (χ3v) is 3.57. The van der Waals surface area contributed by atoms with Gasteiger partial charge >= 0.3 is 0 Å². The molecular weight excluding hydrogens is 364 g/mol. The van der Waals surface area contributed by atoms with E-state index in [1.807, 2.05) is 6.92 Å². The fourth-order valence-electron chi connectivity index (χ4n) is 2.19. The van der Waals surface area contributed by atoms with Gasteiger partial charge in [-0.1, -0.05) is 12.1 Å². The van der Waals surface area contributed by atoms with Crippen molar-refractivity contribution in [1.82, 2.24) is 10.9 Å². The van der Waals surface area contributed by atoms with Gasteiger partial charge in [0.2, 0.25) is 0 Å². The van der Waals surface area contributed by atoms with E-state index < -0.39 is 11.8 Å². The zero-order chi connectivity index (χ0) is 20.2. The van der Waals surface area contributed by atoms with E-state index in [0.29, 0.717) is 42.6 Å². The van der Waals surface area contributed by atoms with Crippen LogP contribution in [-0.4, -0.2) is 45.4 Å². The molecule has 2 aromatic carbocycles. The number of nitrogens with one attached hydrogen (secondary N) is 2. The van der Waals surface area contributed by atoms with Gasteiger partial charge in [-0.3, -0.25) is 20.4 Å². The molecule has 0 aromatic heterocycles. The third-order valence-electron chi connectivity index (χ3n) is 3.57. The smallest absolute Gasteiger partial charge is 0.276 e. The molecule has 0 fully saturated rings. The van der Waals surface area contributed by atoms with Crippen LogP contribution in [0.15, 0.2) is 48.5 Å². The van der Waals surface area contributed by atoms with Crippen molar-refractivity contribution in [2.75, 3.05) is 33.5 Å². The Balaban J connectivity index is 1.80. The summed E-state index contributed by atoms with van der Waals surface area (Å²) >= 11 is 0. The van der Waals surface area contributed by atoms with Crippen LogP contribution in [-0.2, 0) is 9.53 Å². The van der Waals surface area contributed by atoms with Crippen molar-refractivity contribution in [1.29, 1.82) is 0 Å². The highest BCUT2D eigenvalue weighted by atomic mass is 16.5. The molecule has 0 aliphatic heterocycles. The van der Waals surface area contributed by atoms with Crippen molar-refractivity contribution in [2.45, 2.75) is 6.92 Å². The molecule has 2 N–H and O–H groups in total. The standard InChI is InChI=1S/C20H24N2O6/c1-3-26-12-13-27-18-7-5-4-6-17(18)20(24)22-21-19(23)14-28-16-10-8-15(25-2)9-11-16/h4-11H,3,12-14H2,1-2H3,(H,21,23)(H,22,24). The molecule has 0 aliphatic carbocycles. The highest BCUT2D eigenvalue weighted by molar-refractivity contribution is 5.97. The quantitative estimate of drug-likeness (QED) is 0.477. The van der Waals surface area contributed by atoms with Crippen molar-refractivity contribution in [3.05, 3.63) is 54.1 Å². The predicted molar refractivity (Wildman–Crippen MR) is 103 cm³/mol. The number of amides is 2. The lowest BCUT2D eigenvalue weighted by Crippen LogP contribution is -2.43. The monoisotopic (exact) mass is 388 g/mol. The van der Waals surface area contributed by atoms with Crippen LogP contribution in [0.3, 0.4) is 0 Å². The van der Waals surface area contributed by atoms with Crippen molar-refractivity contribution >= 4 is 11.8 Å². The van der Waals surface area contributed by atoms with Crippen LogP contribution in [0.5, 0.6) is 17.2 Å². The zero-order valence-corrected chi connectivity index (χ0v) is 15.9. The van der Waals surface area contributed by atoms with Crippen LogP contribution >= 0.6 is 0 Å². The Morgan fingerprint density at radius 3 is 2.32 bits per heavy atom. The molecule has 2 aromatic rings. The highest BCUT2D eigenvalue weighted by Gasteiger charge is 2.13. The number of benzene rings is 2. The van der Waals surface area contributed by atoms with E-state index in [9.17, 15) is 9.59 Å². The molecular formula is C20H24N2O6. The molecule has 0 heterocycles. The molecule has 0 bridgehead atoms. The maximum Gasteiger partial charge on any atom is 0.276 e. The summed E-state index contributed by atoms with van der Waals surface area (Å²) in [6.07, 6.45) is 0. The number of para-hydroxylation sites is 1. The van der Waals surface area contributed by atoms with Gasteiger partial charge in [-0.05, 0) is 43.3 Å². The maximum atomic E-state index is 12.3. The first-order valence-corrected chi connectivity index (χ1v) is 8.79. The molecule has 150 valence electrons. The summed E-state index contributed by atoms with van der Waals surface area (Å²) in [4.78, 5) is 24.2. The van der Waals surface area contributed by atoms with E-state index in [1.165, 1.54) is 0 Å². The van der Waals surface area contributed by atoms with E-state index >= 15 is 0 Å². The summed E-state index contributed by atoms with van der Waals surface area (Å²) < 4.78 is 21.2. The Labute approximate surface area is 163 Å². The molecule has 8 nitrogen and oxygen atoms in total. The Morgan fingerprint density at radius 1 is 0.893 bits per heavy atom. The van der Waals surface area contributed by atoms with Crippen LogP contribution in [0.4, 0.5) is 0 Å². The predicted octanol–water partition coefficient (Wildman–Crippen LogP) is 1.95. The lowest BCUT2D eigenvalue weighted by molar-refractivity contribution is -0.123. The number of carbonyl (C=O) groups is 2. The number of methoxy groups -OCH3 is 1. The molecule has 0 aliphatic rings. The Kier molecular flexibility index (Phi) is 8.61. The van der Waals surface area contributed by atoms with E-state index in [2.05, 4.69) is 10.9 Å². The van der Waals surface area contributed by atoms with E-state index in [0.717, 1.165) is 0 Å². The number of ether oxygens (including phenoxy) is 4. The lowest BCUT2D eigenvalue weighted by atomic mass is 10.2. The second-order valence-corrected chi connectivity index (χ2v) is 5.51. The van der Waals surface area contributed by atoms with Crippen LogP contribution in [0.25, 0.3) is 0 Å². The fourth-order valence-corrected chi connectivity index (χ4v) is 2.19. The second kappa shape index (κ2) is 11.5. The Hall–Kier alpha value is -3.26. The molecule has 28 heavy (non-hydrogen) atoms. The second-order valence-electron chi connectivity index (χ2n) is 5.51. The fraction of sp³-hybridized carbons (Fsp3) is 0.300. The molecule has 0 unspecified atom stereocenters. The van der Waals surface area contributed by atoms with Crippen molar-refractivity contribution in [2.24, 2.45) is 0 Å². The van der Waals surface area contributed by atoms with Crippen LogP contribution in [0.2, 0.25) is 0 Å². The van der Waals surface area contributed by atoms with E-state index in [4.69, 9.17) is 18.9 Å². The first kappa shape index (κ1) is 21.0. The molecule has 2 rings (SSSR count). The molecule has 0 atom stereocenters. The average molecular weight is 388 g/mol. The molecule has 8 heteroatoms. The summed E-state index contributed by atoms with van der Waals surface area (Å²) in [5.41, 5.74) is 4.96. The first-order valence-electron chi connectivity index (χ1n) is 8.79. The van der Waals surface area contributed by atoms with Gasteiger partial charge in [0.05, 0.1) is 19.3 Å². The zero-order valence-electron chi connectivity index (χ0n) is 15.9. The number of hydrogen-bond acceptors (Lipinski definition) is 6. The van der Waals surface area contributed by atoms with Gasteiger partial charge in [0, 0.05) is 6.61 Å². The third kappa shape index (κ3) is 6.81. The maximum absolute atomic E-state index is 12.3. The number of rotatable bonds is 10. The van der Waals surface area contributed by atoms with Gasteiger partial charge in [-0.15, -0.1) is 0 Å². The summed E-state index contributed by atoms with van der Waals surface area (Å²) in [5.74, 6) is 0.605. The van der Waals surface area contributed by atoms with Gasteiger partial charge < -0.3 is 18.9 Å². The molecule has 0 spiro atoms. The minimum Gasteiger partial charge on any atom is -0.497 e. The normalized spacial score (nSPS) is 10.1. The number of hydrazine groups is 1.